The minimum absolute atomic E-state index is 0.553. The molecule has 0 amide bonds. The normalized spacial score (nSPS) is 9.27. The van der Waals surface area contributed by atoms with Crippen molar-refractivity contribution in [2.45, 2.75) is 11.8 Å². The van der Waals surface area contributed by atoms with Crippen molar-refractivity contribution in [3.05, 3.63) is 28.3 Å². The topological polar surface area (TPSA) is 23.8 Å². The van der Waals surface area contributed by atoms with Crippen molar-refractivity contribution in [1.29, 1.82) is 5.26 Å². The molecule has 11 heavy (non-hydrogen) atoms. The third kappa shape index (κ3) is 1.68. The van der Waals surface area contributed by atoms with E-state index in [2.05, 4.69) is 12.6 Å². The third-order valence-electron chi connectivity index (χ3n) is 1.47. The zero-order valence-corrected chi connectivity index (χ0v) is 7.58. The van der Waals surface area contributed by atoms with Gasteiger partial charge in [-0.3, -0.25) is 0 Å². The van der Waals surface area contributed by atoms with E-state index in [1.807, 2.05) is 13.0 Å². The second kappa shape index (κ2) is 3.17. The molecule has 0 spiro atoms. The molecule has 1 nitrogen and oxygen atoms in total. The van der Waals surface area contributed by atoms with E-state index in [0.717, 1.165) is 10.5 Å². The predicted molar refractivity (Wildman–Crippen MR) is 48.2 cm³/mol. The van der Waals surface area contributed by atoms with E-state index in [1.165, 1.54) is 0 Å². The van der Waals surface area contributed by atoms with Crippen molar-refractivity contribution in [3.8, 4) is 6.07 Å². The van der Waals surface area contributed by atoms with Gasteiger partial charge in [-0.25, -0.2) is 0 Å². The number of benzene rings is 1. The van der Waals surface area contributed by atoms with E-state index < -0.39 is 0 Å². The number of thiol groups is 1. The van der Waals surface area contributed by atoms with Gasteiger partial charge in [-0.05, 0) is 24.6 Å². The molecule has 3 heteroatoms. The van der Waals surface area contributed by atoms with Crippen LogP contribution in [-0.4, -0.2) is 0 Å². The molecule has 0 saturated heterocycles. The highest BCUT2D eigenvalue weighted by Crippen LogP contribution is 2.22. The lowest BCUT2D eigenvalue weighted by atomic mass is 10.1. The van der Waals surface area contributed by atoms with Gasteiger partial charge in [-0.15, -0.1) is 12.6 Å². The Morgan fingerprint density at radius 1 is 1.55 bits per heavy atom. The van der Waals surface area contributed by atoms with Gasteiger partial charge >= 0.3 is 0 Å². The minimum Gasteiger partial charge on any atom is -0.192 e. The molecule has 0 fully saturated rings. The average molecular weight is 184 g/mol. The third-order valence-corrected chi connectivity index (χ3v) is 2.15. The van der Waals surface area contributed by atoms with Crippen LogP contribution >= 0.6 is 24.2 Å². The molecule has 0 N–H and O–H groups in total. The Morgan fingerprint density at radius 3 is 2.73 bits per heavy atom. The summed E-state index contributed by atoms with van der Waals surface area (Å²) < 4.78 is 0. The first-order chi connectivity index (χ1) is 5.15. The number of rotatable bonds is 0. The van der Waals surface area contributed by atoms with E-state index in [4.69, 9.17) is 16.9 Å². The first kappa shape index (κ1) is 8.45. The molecule has 0 aliphatic heterocycles. The number of nitriles is 1. The molecule has 0 unspecified atom stereocenters. The van der Waals surface area contributed by atoms with Gasteiger partial charge in [0.25, 0.3) is 0 Å². The SMILES string of the molecule is Cc1c(S)cc(Cl)cc1C#N. The lowest BCUT2D eigenvalue weighted by Gasteiger charge is -2.00. The van der Waals surface area contributed by atoms with E-state index in [9.17, 15) is 0 Å². The summed E-state index contributed by atoms with van der Waals surface area (Å²) in [5.74, 6) is 0. The van der Waals surface area contributed by atoms with Crippen LogP contribution in [0.15, 0.2) is 17.0 Å². The molecule has 0 atom stereocenters. The first-order valence-electron chi connectivity index (χ1n) is 3.04. The molecule has 0 heterocycles. The van der Waals surface area contributed by atoms with Crippen molar-refractivity contribution in [3.63, 3.8) is 0 Å². The van der Waals surface area contributed by atoms with Crippen molar-refractivity contribution in [2.24, 2.45) is 0 Å². The van der Waals surface area contributed by atoms with Gasteiger partial charge in [-0.2, -0.15) is 5.26 Å². The number of hydrogen-bond acceptors (Lipinski definition) is 2. The van der Waals surface area contributed by atoms with Gasteiger partial charge in [0.1, 0.15) is 0 Å². The molecule has 1 rings (SSSR count). The van der Waals surface area contributed by atoms with Crippen LogP contribution in [0.4, 0.5) is 0 Å². The lowest BCUT2D eigenvalue weighted by molar-refractivity contribution is 1.28. The summed E-state index contributed by atoms with van der Waals surface area (Å²) in [6, 6.07) is 5.40. The number of halogens is 1. The Kier molecular flexibility index (Phi) is 2.43. The lowest BCUT2D eigenvalue weighted by Crippen LogP contribution is -1.83. The van der Waals surface area contributed by atoms with Gasteiger partial charge in [0.05, 0.1) is 11.6 Å². The highest BCUT2D eigenvalue weighted by atomic mass is 35.5. The van der Waals surface area contributed by atoms with Crippen molar-refractivity contribution < 1.29 is 0 Å². The van der Waals surface area contributed by atoms with Crippen molar-refractivity contribution in [2.75, 3.05) is 0 Å². The van der Waals surface area contributed by atoms with Crippen LogP contribution in [0, 0.1) is 18.3 Å². The van der Waals surface area contributed by atoms with Crippen molar-refractivity contribution in [1.82, 2.24) is 0 Å². The van der Waals surface area contributed by atoms with E-state index >= 15 is 0 Å². The molecule has 0 aromatic heterocycles. The molecular formula is C8H6ClNS. The summed E-state index contributed by atoms with van der Waals surface area (Å²) in [7, 11) is 0. The van der Waals surface area contributed by atoms with E-state index in [-0.39, 0.29) is 0 Å². The smallest absolute Gasteiger partial charge is 0.0995 e. The molecule has 0 saturated carbocycles. The first-order valence-corrected chi connectivity index (χ1v) is 3.87. The van der Waals surface area contributed by atoms with Gasteiger partial charge < -0.3 is 0 Å². The maximum atomic E-state index is 8.62. The van der Waals surface area contributed by atoms with Crippen LogP contribution < -0.4 is 0 Å². The van der Waals surface area contributed by atoms with Crippen LogP contribution in [-0.2, 0) is 0 Å². The molecule has 56 valence electrons. The standard InChI is InChI=1S/C8H6ClNS/c1-5-6(4-10)2-7(9)3-8(5)11/h2-3,11H,1H3. The zero-order valence-electron chi connectivity index (χ0n) is 5.93. The monoisotopic (exact) mass is 183 g/mol. The summed E-state index contributed by atoms with van der Waals surface area (Å²) in [6.45, 7) is 1.84. The second-order valence-electron chi connectivity index (χ2n) is 2.21. The highest BCUT2D eigenvalue weighted by Gasteiger charge is 2.01. The van der Waals surface area contributed by atoms with Crippen LogP contribution in [0.25, 0.3) is 0 Å². The molecule has 0 radical (unpaired) electrons. The summed E-state index contributed by atoms with van der Waals surface area (Å²) >= 11 is 9.86. The molecule has 1 aromatic rings. The Bertz CT molecular complexity index is 328. The van der Waals surface area contributed by atoms with Gasteiger partial charge in [-0.1, -0.05) is 11.6 Å². The molecule has 0 aliphatic carbocycles. The maximum absolute atomic E-state index is 8.62. The predicted octanol–water partition coefficient (Wildman–Crippen LogP) is 2.81. The van der Waals surface area contributed by atoms with Crippen LogP contribution in [0.2, 0.25) is 5.02 Å². The number of nitrogens with zero attached hydrogens (tertiary/aromatic N) is 1. The second-order valence-corrected chi connectivity index (χ2v) is 3.13. The molecule has 0 aliphatic rings. The molecule has 1 aromatic carbocycles. The highest BCUT2D eigenvalue weighted by molar-refractivity contribution is 7.80. The molecule has 0 bridgehead atoms. The van der Waals surface area contributed by atoms with E-state index in [1.54, 1.807) is 12.1 Å². The Balaban J connectivity index is 3.39. The quantitative estimate of drug-likeness (QED) is 0.615. The summed E-state index contributed by atoms with van der Waals surface area (Å²) in [6.07, 6.45) is 0. The largest absolute Gasteiger partial charge is 0.192 e. The van der Waals surface area contributed by atoms with Crippen LogP contribution in [0.1, 0.15) is 11.1 Å². The van der Waals surface area contributed by atoms with Crippen LogP contribution in [0.5, 0.6) is 0 Å². The molecular weight excluding hydrogens is 178 g/mol. The fourth-order valence-electron chi connectivity index (χ4n) is 0.781. The Hall–Kier alpha value is -0.650. The summed E-state index contributed by atoms with van der Waals surface area (Å²) in [5.41, 5.74) is 1.46. The average Bonchev–Trinajstić information content (AvgIpc) is 1.96. The maximum Gasteiger partial charge on any atom is 0.0995 e. The zero-order chi connectivity index (χ0) is 8.43. The van der Waals surface area contributed by atoms with Crippen molar-refractivity contribution >= 4 is 24.2 Å². The minimum atomic E-state index is 0.553. The van der Waals surface area contributed by atoms with Gasteiger partial charge in [0.15, 0.2) is 0 Å². The summed E-state index contributed by atoms with van der Waals surface area (Å²) in [4.78, 5) is 0.758. The fraction of sp³-hybridized carbons (Fsp3) is 0.125. The van der Waals surface area contributed by atoms with Crippen LogP contribution in [0.3, 0.4) is 0 Å². The Morgan fingerprint density at radius 2 is 2.18 bits per heavy atom. The van der Waals surface area contributed by atoms with Gasteiger partial charge in [0.2, 0.25) is 0 Å². The number of hydrogen-bond donors (Lipinski definition) is 1. The fourth-order valence-corrected chi connectivity index (χ4v) is 1.33. The van der Waals surface area contributed by atoms with E-state index in [0.29, 0.717) is 10.6 Å². The van der Waals surface area contributed by atoms with Gasteiger partial charge in [0, 0.05) is 9.92 Å². The summed E-state index contributed by atoms with van der Waals surface area (Å²) in [5, 5.41) is 9.18. The Labute approximate surface area is 76.0 Å².